The minimum absolute atomic E-state index is 0.166. The van der Waals surface area contributed by atoms with Gasteiger partial charge >= 0.3 is 0 Å². The maximum Gasteiger partial charge on any atom is 0.184 e. The summed E-state index contributed by atoms with van der Waals surface area (Å²) in [5.74, 6) is 1.44. The molecule has 0 aliphatic carbocycles. The van der Waals surface area contributed by atoms with Gasteiger partial charge in [0.15, 0.2) is 7.28 Å². The molecule has 1 aromatic carbocycles. The molecule has 2 aromatic rings. The Morgan fingerprint density at radius 2 is 1.82 bits per heavy atom. The molecule has 0 fully saturated rings. The highest BCUT2D eigenvalue weighted by molar-refractivity contribution is 7.18. The Balaban J connectivity index is 2.23. The maximum absolute atomic E-state index is 9.87. The highest BCUT2D eigenvalue weighted by atomic mass is 31.0. The van der Waals surface area contributed by atoms with Crippen molar-refractivity contribution < 1.29 is 9.84 Å². The summed E-state index contributed by atoms with van der Waals surface area (Å²) in [7, 11) is 4.78. The molecular formula is C26H36BN3O2P. The van der Waals surface area contributed by atoms with Crippen LogP contribution in [-0.4, -0.2) is 34.6 Å². The summed E-state index contributed by atoms with van der Waals surface area (Å²) in [5.41, 5.74) is 5.53. The second kappa shape index (κ2) is 11.6. The summed E-state index contributed by atoms with van der Waals surface area (Å²) in [6, 6.07) is 5.89. The largest absolute Gasteiger partial charge is 0.488 e. The van der Waals surface area contributed by atoms with Crippen molar-refractivity contribution in [1.82, 2.24) is 15.3 Å². The Morgan fingerprint density at radius 1 is 1.21 bits per heavy atom. The Morgan fingerprint density at radius 3 is 2.36 bits per heavy atom. The summed E-state index contributed by atoms with van der Waals surface area (Å²) < 4.78 is 5.99. The van der Waals surface area contributed by atoms with Crippen molar-refractivity contribution in [1.29, 1.82) is 0 Å². The fourth-order valence-electron chi connectivity index (χ4n) is 2.87. The van der Waals surface area contributed by atoms with Crippen LogP contribution in [-0.2, 0) is 11.7 Å². The standard InChI is InChI=1S/C26H36BN3O2P/c1-9-16(2)27-17(3)22-10-23(12-24(11-22)32-20(6)19(5)31)18(4)28-13-21-14-29-25(30-15-21)26(7,8)33/h9-12,14-15,19-20,28,31H,3-4,13,33H2,1-2,5-8H3/b16-9-. The first-order chi connectivity index (χ1) is 15.4. The molecule has 0 spiro atoms. The molecule has 0 aliphatic heterocycles. The molecule has 1 aromatic heterocycles. The van der Waals surface area contributed by atoms with Crippen LogP contribution in [0.2, 0.25) is 0 Å². The van der Waals surface area contributed by atoms with Crippen LogP contribution in [0, 0.1) is 0 Å². The number of rotatable bonds is 11. The molecule has 2 rings (SSSR count). The van der Waals surface area contributed by atoms with Gasteiger partial charge in [-0.25, -0.2) is 9.97 Å². The maximum atomic E-state index is 9.87. The number of aliphatic hydroxyl groups is 1. The third-order valence-electron chi connectivity index (χ3n) is 5.27. The number of hydrogen-bond acceptors (Lipinski definition) is 5. The van der Waals surface area contributed by atoms with Gasteiger partial charge in [-0.3, -0.25) is 0 Å². The summed E-state index contributed by atoms with van der Waals surface area (Å²) >= 11 is 0. The van der Waals surface area contributed by atoms with Gasteiger partial charge in [0.1, 0.15) is 17.7 Å². The van der Waals surface area contributed by atoms with Gasteiger partial charge in [0, 0.05) is 40.9 Å². The molecule has 0 bridgehead atoms. The van der Waals surface area contributed by atoms with Gasteiger partial charge in [-0.05, 0) is 58.4 Å². The lowest BCUT2D eigenvalue weighted by Crippen LogP contribution is -2.25. The second-order valence-electron chi connectivity index (χ2n) is 8.98. The summed E-state index contributed by atoms with van der Waals surface area (Å²) in [5, 5.41) is 13.1. The predicted octanol–water partition coefficient (Wildman–Crippen LogP) is 5.09. The molecule has 0 aliphatic rings. The Bertz CT molecular complexity index is 1010. The zero-order valence-electron chi connectivity index (χ0n) is 20.6. The molecule has 2 N–H and O–H groups in total. The van der Waals surface area contributed by atoms with Crippen LogP contribution in [0.5, 0.6) is 5.75 Å². The van der Waals surface area contributed by atoms with Crippen LogP contribution in [0.4, 0.5) is 0 Å². The lowest BCUT2D eigenvalue weighted by atomic mass is 9.61. The molecule has 5 nitrogen and oxygen atoms in total. The molecule has 3 atom stereocenters. The van der Waals surface area contributed by atoms with E-state index in [0.717, 1.165) is 39.2 Å². The van der Waals surface area contributed by atoms with E-state index in [1.807, 2.05) is 64.7 Å². The SMILES string of the molecule is C=C([B]/C(C)=C\C)c1cc(OC(C)C(C)O)cc(C(=C)NCc2cnc(C(C)(C)P)nc2)c1. The average Bonchev–Trinajstić information content (AvgIpc) is 2.76. The third-order valence-corrected chi connectivity index (χ3v) is 5.53. The first-order valence-corrected chi connectivity index (χ1v) is 11.7. The van der Waals surface area contributed by atoms with Crippen molar-refractivity contribution in [2.24, 2.45) is 0 Å². The van der Waals surface area contributed by atoms with E-state index < -0.39 is 6.10 Å². The molecular weight excluding hydrogens is 428 g/mol. The van der Waals surface area contributed by atoms with Gasteiger partial charge < -0.3 is 15.2 Å². The first kappa shape index (κ1) is 26.8. The highest BCUT2D eigenvalue weighted by Crippen LogP contribution is 2.28. The summed E-state index contributed by atoms with van der Waals surface area (Å²) in [6.45, 7) is 20.7. The van der Waals surface area contributed by atoms with Crippen molar-refractivity contribution in [3.05, 3.63) is 77.8 Å². The highest BCUT2D eigenvalue weighted by Gasteiger charge is 2.17. The molecule has 0 saturated carbocycles. The van der Waals surface area contributed by atoms with Gasteiger partial charge in [-0.2, -0.15) is 0 Å². The number of nitrogens with zero attached hydrogens (tertiary/aromatic N) is 2. The van der Waals surface area contributed by atoms with E-state index in [4.69, 9.17) is 4.74 Å². The van der Waals surface area contributed by atoms with Crippen molar-refractivity contribution in [3.8, 4) is 5.75 Å². The van der Waals surface area contributed by atoms with Crippen LogP contribution in [0.25, 0.3) is 11.2 Å². The molecule has 0 saturated heterocycles. The van der Waals surface area contributed by atoms with E-state index >= 15 is 0 Å². The smallest absolute Gasteiger partial charge is 0.184 e. The van der Waals surface area contributed by atoms with Gasteiger partial charge in [0.25, 0.3) is 0 Å². The first-order valence-electron chi connectivity index (χ1n) is 11.1. The van der Waals surface area contributed by atoms with Gasteiger partial charge in [-0.15, -0.1) is 21.3 Å². The zero-order valence-corrected chi connectivity index (χ0v) is 21.8. The summed E-state index contributed by atoms with van der Waals surface area (Å²) in [4.78, 5) is 8.94. The van der Waals surface area contributed by atoms with Crippen LogP contribution in [0.15, 0.2) is 55.3 Å². The number of hydrogen-bond donors (Lipinski definition) is 2. The molecule has 33 heavy (non-hydrogen) atoms. The van der Waals surface area contributed by atoms with Crippen LogP contribution in [0.1, 0.15) is 64.1 Å². The number of aromatic nitrogens is 2. The van der Waals surface area contributed by atoms with Crippen LogP contribution in [0.3, 0.4) is 0 Å². The number of benzene rings is 1. The predicted molar refractivity (Wildman–Crippen MR) is 143 cm³/mol. The fraction of sp³-hybridized carbons (Fsp3) is 0.385. The van der Waals surface area contributed by atoms with E-state index in [-0.39, 0.29) is 11.3 Å². The molecule has 0 amide bonds. The monoisotopic (exact) mass is 464 g/mol. The number of aliphatic hydroxyl groups excluding tert-OH is 1. The normalized spacial score (nSPS) is 13.8. The third kappa shape index (κ3) is 8.14. The quantitative estimate of drug-likeness (QED) is 0.358. The lowest BCUT2D eigenvalue weighted by molar-refractivity contribution is 0.0604. The average molecular weight is 464 g/mol. The minimum Gasteiger partial charge on any atom is -0.488 e. The number of allylic oxidation sites excluding steroid dienone is 2. The van der Waals surface area contributed by atoms with E-state index in [1.165, 1.54) is 0 Å². The summed E-state index contributed by atoms with van der Waals surface area (Å²) in [6.07, 6.45) is 4.77. The van der Waals surface area contributed by atoms with Crippen LogP contribution < -0.4 is 10.1 Å². The topological polar surface area (TPSA) is 67.3 Å². The van der Waals surface area contributed by atoms with Gasteiger partial charge in [-0.1, -0.05) is 25.1 Å². The van der Waals surface area contributed by atoms with E-state index in [0.29, 0.717) is 12.3 Å². The Labute approximate surface area is 201 Å². The molecule has 175 valence electrons. The van der Waals surface area contributed by atoms with Gasteiger partial charge in [0.05, 0.1) is 6.10 Å². The minimum atomic E-state index is -0.590. The van der Waals surface area contributed by atoms with E-state index in [1.54, 1.807) is 6.92 Å². The van der Waals surface area contributed by atoms with Gasteiger partial charge in [0.2, 0.25) is 0 Å². The van der Waals surface area contributed by atoms with E-state index in [9.17, 15) is 5.11 Å². The zero-order chi connectivity index (χ0) is 24.8. The fourth-order valence-corrected chi connectivity index (χ4v) is 3.02. The van der Waals surface area contributed by atoms with E-state index in [2.05, 4.69) is 51.5 Å². The van der Waals surface area contributed by atoms with Crippen molar-refractivity contribution in [2.45, 2.75) is 65.5 Å². The number of nitrogens with one attached hydrogen (secondary N) is 1. The van der Waals surface area contributed by atoms with Crippen molar-refractivity contribution >= 4 is 27.7 Å². The van der Waals surface area contributed by atoms with Crippen LogP contribution >= 0.6 is 9.24 Å². The molecule has 7 heteroatoms. The Hall–Kier alpha value is -2.43. The second-order valence-corrected chi connectivity index (χ2v) is 10.4. The lowest BCUT2D eigenvalue weighted by Gasteiger charge is -2.20. The molecule has 3 unspecified atom stereocenters. The van der Waals surface area contributed by atoms with Crippen molar-refractivity contribution in [3.63, 3.8) is 0 Å². The molecule has 1 radical (unpaired) electrons. The Kier molecular flexibility index (Phi) is 9.45. The number of ether oxygens (including phenoxy) is 1. The van der Waals surface area contributed by atoms with Crippen molar-refractivity contribution in [2.75, 3.05) is 0 Å². The molecule has 1 heterocycles.